The third-order valence-corrected chi connectivity index (χ3v) is 4.98. The maximum Gasteiger partial charge on any atom is 0.193 e. The van der Waals surface area contributed by atoms with E-state index in [9.17, 15) is 4.39 Å². The number of likely N-dealkylation sites (N-methyl/N-ethyl adjacent to an activating group) is 1. The van der Waals surface area contributed by atoms with E-state index in [4.69, 9.17) is 0 Å². The van der Waals surface area contributed by atoms with Gasteiger partial charge in [-0.15, -0.1) is 0 Å². The number of unbranched alkanes of at least 4 members (excludes halogenated alkanes) is 1. The van der Waals surface area contributed by atoms with E-state index in [2.05, 4.69) is 27.0 Å². The van der Waals surface area contributed by atoms with Crippen molar-refractivity contribution in [3.05, 3.63) is 35.6 Å². The molecule has 1 aliphatic heterocycles. The Hall–Kier alpha value is -1.66. The first-order chi connectivity index (χ1) is 12.6. The van der Waals surface area contributed by atoms with E-state index in [1.54, 1.807) is 19.2 Å². The molecule has 1 aromatic rings. The van der Waals surface area contributed by atoms with Gasteiger partial charge in [0.2, 0.25) is 0 Å². The minimum Gasteiger partial charge on any atom is -0.356 e. The zero-order valence-electron chi connectivity index (χ0n) is 16.5. The van der Waals surface area contributed by atoms with Gasteiger partial charge in [-0.3, -0.25) is 4.99 Å². The number of guanidine groups is 1. The van der Waals surface area contributed by atoms with Crippen LogP contribution in [0.1, 0.15) is 25.3 Å². The zero-order valence-corrected chi connectivity index (χ0v) is 16.5. The maximum atomic E-state index is 13.3. The molecule has 0 unspecified atom stereocenters. The van der Waals surface area contributed by atoms with Gasteiger partial charge in [-0.25, -0.2) is 4.39 Å². The molecule has 0 aromatic heterocycles. The van der Waals surface area contributed by atoms with Crippen molar-refractivity contribution >= 4 is 5.96 Å². The van der Waals surface area contributed by atoms with Crippen LogP contribution in [0.5, 0.6) is 0 Å². The van der Waals surface area contributed by atoms with Gasteiger partial charge in [-0.2, -0.15) is 0 Å². The minimum absolute atomic E-state index is 0.196. The molecule has 0 saturated carbocycles. The molecule has 1 fully saturated rings. The Morgan fingerprint density at radius 1 is 1.19 bits per heavy atom. The molecule has 146 valence electrons. The van der Waals surface area contributed by atoms with Gasteiger partial charge in [-0.05, 0) is 43.6 Å². The van der Waals surface area contributed by atoms with Gasteiger partial charge < -0.3 is 20.0 Å². The predicted octanol–water partition coefficient (Wildman–Crippen LogP) is 2.25. The molecule has 5 nitrogen and oxygen atoms in total. The van der Waals surface area contributed by atoms with E-state index in [-0.39, 0.29) is 5.82 Å². The molecule has 1 aromatic carbocycles. The van der Waals surface area contributed by atoms with Crippen LogP contribution < -0.4 is 5.32 Å². The summed E-state index contributed by atoms with van der Waals surface area (Å²) in [7, 11) is 3.77. The van der Waals surface area contributed by atoms with E-state index in [1.165, 1.54) is 51.8 Å². The van der Waals surface area contributed by atoms with Crippen molar-refractivity contribution in [2.75, 3.05) is 59.9 Å². The highest BCUT2D eigenvalue weighted by Gasteiger charge is 2.14. The lowest BCUT2D eigenvalue weighted by Gasteiger charge is -2.34. The SMILES string of the molecule is CCN1CCN(CCCCNC(=NC)N(C)Cc2cccc(F)c2)CC1. The highest BCUT2D eigenvalue weighted by Crippen LogP contribution is 2.07. The van der Waals surface area contributed by atoms with Gasteiger partial charge in [0, 0.05) is 53.4 Å². The second kappa shape index (κ2) is 11.1. The Kier molecular flexibility index (Phi) is 8.85. The molecule has 0 spiro atoms. The van der Waals surface area contributed by atoms with Crippen LogP contribution in [0.15, 0.2) is 29.3 Å². The zero-order chi connectivity index (χ0) is 18.8. The lowest BCUT2D eigenvalue weighted by Crippen LogP contribution is -2.46. The summed E-state index contributed by atoms with van der Waals surface area (Å²) in [5.41, 5.74) is 0.946. The quantitative estimate of drug-likeness (QED) is 0.436. The smallest absolute Gasteiger partial charge is 0.193 e. The van der Waals surface area contributed by atoms with E-state index in [0.29, 0.717) is 6.54 Å². The normalized spacial score (nSPS) is 16.7. The molecule has 6 heteroatoms. The Labute approximate surface area is 157 Å². The number of benzene rings is 1. The summed E-state index contributed by atoms with van der Waals surface area (Å²) in [5, 5.41) is 3.41. The summed E-state index contributed by atoms with van der Waals surface area (Å²) >= 11 is 0. The second-order valence-corrected chi connectivity index (χ2v) is 6.94. The van der Waals surface area contributed by atoms with E-state index >= 15 is 0 Å². The Morgan fingerprint density at radius 3 is 2.58 bits per heavy atom. The summed E-state index contributed by atoms with van der Waals surface area (Å²) in [4.78, 5) is 11.4. The summed E-state index contributed by atoms with van der Waals surface area (Å²) in [6.07, 6.45) is 2.32. The first-order valence-corrected chi connectivity index (χ1v) is 9.73. The number of aliphatic imine (C=N–C) groups is 1. The van der Waals surface area contributed by atoms with Crippen LogP contribution in [0.25, 0.3) is 0 Å². The molecule has 0 aliphatic carbocycles. The number of piperazine rings is 1. The van der Waals surface area contributed by atoms with Crippen molar-refractivity contribution in [1.82, 2.24) is 20.0 Å². The van der Waals surface area contributed by atoms with Gasteiger partial charge in [0.05, 0.1) is 0 Å². The largest absolute Gasteiger partial charge is 0.356 e. The van der Waals surface area contributed by atoms with Crippen LogP contribution in [-0.2, 0) is 6.54 Å². The number of rotatable bonds is 8. The fraction of sp³-hybridized carbons (Fsp3) is 0.650. The molecule has 2 rings (SSSR count). The Balaban J connectivity index is 1.62. The van der Waals surface area contributed by atoms with Crippen molar-refractivity contribution in [1.29, 1.82) is 0 Å². The van der Waals surface area contributed by atoms with Crippen LogP contribution in [0.4, 0.5) is 4.39 Å². The highest BCUT2D eigenvalue weighted by atomic mass is 19.1. The van der Waals surface area contributed by atoms with Gasteiger partial charge in [0.15, 0.2) is 5.96 Å². The number of hydrogen-bond acceptors (Lipinski definition) is 3. The molecule has 0 radical (unpaired) electrons. The van der Waals surface area contributed by atoms with Gasteiger partial charge in [-0.1, -0.05) is 19.1 Å². The molecule has 0 bridgehead atoms. The minimum atomic E-state index is -0.196. The number of hydrogen-bond donors (Lipinski definition) is 1. The molecular weight excluding hydrogens is 329 g/mol. The van der Waals surface area contributed by atoms with Crippen molar-refractivity contribution in [3.8, 4) is 0 Å². The Morgan fingerprint density at radius 2 is 1.92 bits per heavy atom. The molecule has 0 atom stereocenters. The topological polar surface area (TPSA) is 34.1 Å². The molecule has 26 heavy (non-hydrogen) atoms. The standard InChI is InChI=1S/C20H34FN5/c1-4-25-12-14-26(15-13-25)11-6-5-10-23-20(22-2)24(3)17-18-8-7-9-19(21)16-18/h7-9,16H,4-6,10-15,17H2,1-3H3,(H,22,23). The summed E-state index contributed by atoms with van der Waals surface area (Å²) in [6, 6.07) is 6.72. The van der Waals surface area contributed by atoms with Crippen LogP contribution in [-0.4, -0.2) is 80.6 Å². The van der Waals surface area contributed by atoms with Crippen LogP contribution in [0.2, 0.25) is 0 Å². The maximum absolute atomic E-state index is 13.3. The monoisotopic (exact) mass is 363 g/mol. The number of nitrogens with zero attached hydrogens (tertiary/aromatic N) is 4. The van der Waals surface area contributed by atoms with E-state index in [1.807, 2.05) is 18.0 Å². The summed E-state index contributed by atoms with van der Waals surface area (Å²) in [5.74, 6) is 0.657. The fourth-order valence-corrected chi connectivity index (χ4v) is 3.36. The van der Waals surface area contributed by atoms with E-state index in [0.717, 1.165) is 24.5 Å². The average molecular weight is 364 g/mol. The van der Waals surface area contributed by atoms with Crippen molar-refractivity contribution in [2.24, 2.45) is 4.99 Å². The van der Waals surface area contributed by atoms with Gasteiger partial charge >= 0.3 is 0 Å². The Bertz CT molecular complexity index is 555. The predicted molar refractivity (Wildman–Crippen MR) is 107 cm³/mol. The van der Waals surface area contributed by atoms with Crippen LogP contribution in [0, 0.1) is 5.82 Å². The van der Waals surface area contributed by atoms with E-state index < -0.39 is 0 Å². The molecule has 1 saturated heterocycles. The third-order valence-electron chi connectivity index (χ3n) is 4.98. The first kappa shape index (κ1) is 20.6. The lowest BCUT2D eigenvalue weighted by atomic mass is 10.2. The lowest BCUT2D eigenvalue weighted by molar-refractivity contribution is 0.136. The summed E-state index contributed by atoms with van der Waals surface area (Å²) in [6.45, 7) is 10.9. The van der Waals surface area contributed by atoms with Crippen molar-refractivity contribution in [2.45, 2.75) is 26.3 Å². The second-order valence-electron chi connectivity index (χ2n) is 6.94. The van der Waals surface area contributed by atoms with Crippen molar-refractivity contribution in [3.63, 3.8) is 0 Å². The number of halogens is 1. The molecule has 0 amide bonds. The van der Waals surface area contributed by atoms with Gasteiger partial charge in [0.25, 0.3) is 0 Å². The third kappa shape index (κ3) is 6.92. The highest BCUT2D eigenvalue weighted by molar-refractivity contribution is 5.79. The number of nitrogens with one attached hydrogen (secondary N) is 1. The van der Waals surface area contributed by atoms with Gasteiger partial charge in [0.1, 0.15) is 5.82 Å². The first-order valence-electron chi connectivity index (χ1n) is 9.73. The molecule has 1 N–H and O–H groups in total. The van der Waals surface area contributed by atoms with Crippen LogP contribution in [0.3, 0.4) is 0 Å². The average Bonchev–Trinajstić information content (AvgIpc) is 2.65. The molecular formula is C20H34FN5. The summed E-state index contributed by atoms with van der Waals surface area (Å²) < 4.78 is 13.3. The molecule has 1 heterocycles. The van der Waals surface area contributed by atoms with Crippen LogP contribution >= 0.6 is 0 Å². The molecule has 1 aliphatic rings. The van der Waals surface area contributed by atoms with Crippen molar-refractivity contribution < 1.29 is 4.39 Å². The fourth-order valence-electron chi connectivity index (χ4n) is 3.36.